The molecule has 27 heavy (non-hydrogen) atoms. The number of hydrogen-bond acceptors (Lipinski definition) is 4. The van der Waals surface area contributed by atoms with Crippen molar-refractivity contribution in [1.29, 1.82) is 0 Å². The molecule has 0 unspecified atom stereocenters. The Morgan fingerprint density at radius 2 is 1.44 bits per heavy atom. The van der Waals surface area contributed by atoms with E-state index in [9.17, 15) is 0 Å². The monoisotopic (exact) mass is 380 g/mol. The molecule has 140 valence electrons. The molecule has 2 aromatic carbocycles. The second-order valence-electron chi connectivity index (χ2n) is 7.35. The molecule has 1 aromatic heterocycles. The predicted octanol–water partition coefficient (Wildman–Crippen LogP) is 4.60. The van der Waals surface area contributed by atoms with Gasteiger partial charge in [-0.25, -0.2) is 4.98 Å². The minimum absolute atomic E-state index is 0. The van der Waals surface area contributed by atoms with Gasteiger partial charge in [0.05, 0.1) is 5.52 Å². The Bertz CT molecular complexity index is 936. The van der Waals surface area contributed by atoms with Crippen molar-refractivity contribution in [2.75, 3.05) is 29.4 Å². The third-order valence-electron chi connectivity index (χ3n) is 5.64. The standard InChI is InChI=1S/C22H24N4.ClH/c1-6-13-25(14-7-1)21-19-10-4-5-11-20(19)23-22(24-21)26-15-12-17-8-2-3-9-18(17)16-26;/h2-5,8-11H,1,6-7,12-16H2;1H. The van der Waals surface area contributed by atoms with Gasteiger partial charge in [0, 0.05) is 31.6 Å². The molecule has 0 N–H and O–H groups in total. The van der Waals surface area contributed by atoms with Crippen molar-refractivity contribution in [1.82, 2.24) is 9.97 Å². The van der Waals surface area contributed by atoms with Crippen molar-refractivity contribution < 1.29 is 0 Å². The average Bonchev–Trinajstić information content (AvgIpc) is 2.73. The van der Waals surface area contributed by atoms with Crippen LogP contribution in [-0.2, 0) is 13.0 Å². The van der Waals surface area contributed by atoms with E-state index in [0.717, 1.165) is 49.9 Å². The van der Waals surface area contributed by atoms with Crippen LogP contribution >= 0.6 is 12.4 Å². The molecule has 2 aliphatic rings. The molecule has 0 aliphatic carbocycles. The Labute approximate surface area is 166 Å². The maximum Gasteiger partial charge on any atom is 0.228 e. The number of aromatic nitrogens is 2. The first-order valence-corrected chi connectivity index (χ1v) is 9.72. The summed E-state index contributed by atoms with van der Waals surface area (Å²) in [5.74, 6) is 1.99. The Hall–Kier alpha value is -2.33. The smallest absolute Gasteiger partial charge is 0.228 e. The zero-order valence-corrected chi connectivity index (χ0v) is 16.3. The Morgan fingerprint density at radius 3 is 2.30 bits per heavy atom. The van der Waals surface area contributed by atoms with E-state index >= 15 is 0 Å². The topological polar surface area (TPSA) is 32.3 Å². The van der Waals surface area contributed by atoms with Crippen LogP contribution in [0, 0.1) is 0 Å². The molecule has 4 nitrogen and oxygen atoms in total. The van der Waals surface area contributed by atoms with E-state index in [2.05, 4.69) is 58.3 Å². The second kappa shape index (κ2) is 7.73. The van der Waals surface area contributed by atoms with Crippen molar-refractivity contribution in [2.45, 2.75) is 32.2 Å². The van der Waals surface area contributed by atoms with Crippen LogP contribution in [0.2, 0.25) is 0 Å². The van der Waals surface area contributed by atoms with Gasteiger partial charge in [0.25, 0.3) is 0 Å². The highest BCUT2D eigenvalue weighted by Gasteiger charge is 2.22. The summed E-state index contributed by atoms with van der Waals surface area (Å²) in [7, 11) is 0. The number of piperidine rings is 1. The van der Waals surface area contributed by atoms with Gasteiger partial charge in [0.15, 0.2) is 0 Å². The van der Waals surface area contributed by atoms with E-state index < -0.39 is 0 Å². The fraction of sp³-hybridized carbons (Fsp3) is 0.364. The number of nitrogens with zero attached hydrogens (tertiary/aromatic N) is 4. The van der Waals surface area contributed by atoms with E-state index in [4.69, 9.17) is 9.97 Å². The normalized spacial score (nSPS) is 16.7. The molecule has 0 amide bonds. The van der Waals surface area contributed by atoms with E-state index in [1.807, 2.05) is 0 Å². The lowest BCUT2D eigenvalue weighted by Gasteiger charge is -2.32. The number of benzene rings is 2. The number of para-hydroxylation sites is 1. The number of rotatable bonds is 2. The molecule has 5 rings (SSSR count). The summed E-state index contributed by atoms with van der Waals surface area (Å²) in [6.07, 6.45) is 4.90. The Balaban J connectivity index is 0.00000180. The molecule has 0 spiro atoms. The number of halogens is 1. The molecule has 0 saturated carbocycles. The Kier molecular flexibility index (Phi) is 5.17. The summed E-state index contributed by atoms with van der Waals surface area (Å²) < 4.78 is 0. The van der Waals surface area contributed by atoms with Gasteiger partial charge in [0.2, 0.25) is 5.95 Å². The van der Waals surface area contributed by atoms with Crippen LogP contribution in [0.1, 0.15) is 30.4 Å². The average molecular weight is 381 g/mol. The molecule has 0 atom stereocenters. The third-order valence-corrected chi connectivity index (χ3v) is 5.64. The quantitative estimate of drug-likeness (QED) is 0.650. The van der Waals surface area contributed by atoms with Gasteiger partial charge in [-0.2, -0.15) is 4.98 Å². The van der Waals surface area contributed by atoms with E-state index in [1.54, 1.807) is 0 Å². The van der Waals surface area contributed by atoms with Crippen LogP contribution in [0.15, 0.2) is 48.5 Å². The highest BCUT2D eigenvalue weighted by atomic mass is 35.5. The van der Waals surface area contributed by atoms with Gasteiger partial charge < -0.3 is 9.80 Å². The molecular weight excluding hydrogens is 356 g/mol. The largest absolute Gasteiger partial charge is 0.356 e. The predicted molar refractivity (Wildman–Crippen MR) is 114 cm³/mol. The minimum Gasteiger partial charge on any atom is -0.356 e. The van der Waals surface area contributed by atoms with Crippen molar-refractivity contribution in [3.05, 3.63) is 59.7 Å². The highest BCUT2D eigenvalue weighted by Crippen LogP contribution is 2.30. The molecule has 1 fully saturated rings. The van der Waals surface area contributed by atoms with Gasteiger partial charge in [-0.3, -0.25) is 0 Å². The summed E-state index contributed by atoms with van der Waals surface area (Å²) in [5.41, 5.74) is 3.91. The van der Waals surface area contributed by atoms with E-state index in [1.165, 1.54) is 35.8 Å². The number of anilines is 2. The van der Waals surface area contributed by atoms with E-state index in [-0.39, 0.29) is 12.4 Å². The van der Waals surface area contributed by atoms with Crippen LogP contribution < -0.4 is 9.80 Å². The second-order valence-corrected chi connectivity index (χ2v) is 7.35. The summed E-state index contributed by atoms with van der Waals surface area (Å²) in [6.45, 7) is 4.08. The molecule has 0 bridgehead atoms. The third kappa shape index (κ3) is 3.46. The van der Waals surface area contributed by atoms with Crippen molar-refractivity contribution in [2.24, 2.45) is 0 Å². The van der Waals surface area contributed by atoms with Gasteiger partial charge in [0.1, 0.15) is 5.82 Å². The lowest BCUT2D eigenvalue weighted by Crippen LogP contribution is -2.34. The molecule has 2 aliphatic heterocycles. The Morgan fingerprint density at radius 1 is 0.704 bits per heavy atom. The lowest BCUT2D eigenvalue weighted by molar-refractivity contribution is 0.574. The zero-order valence-electron chi connectivity index (χ0n) is 15.5. The minimum atomic E-state index is 0. The summed E-state index contributed by atoms with van der Waals surface area (Å²) in [6, 6.07) is 17.2. The molecular formula is C22H25ClN4. The first-order valence-electron chi connectivity index (χ1n) is 9.72. The van der Waals surface area contributed by atoms with Crippen LogP contribution in [-0.4, -0.2) is 29.6 Å². The zero-order chi connectivity index (χ0) is 17.3. The van der Waals surface area contributed by atoms with Gasteiger partial charge in [-0.05, 0) is 48.9 Å². The fourth-order valence-corrected chi connectivity index (χ4v) is 4.20. The highest BCUT2D eigenvalue weighted by molar-refractivity contribution is 5.90. The number of fused-ring (bicyclic) bond motifs is 2. The van der Waals surface area contributed by atoms with Gasteiger partial charge in [-0.15, -0.1) is 12.4 Å². The first-order chi connectivity index (χ1) is 12.9. The fourth-order valence-electron chi connectivity index (χ4n) is 4.20. The molecule has 5 heteroatoms. The maximum absolute atomic E-state index is 5.06. The van der Waals surface area contributed by atoms with Gasteiger partial charge in [-0.1, -0.05) is 36.4 Å². The summed E-state index contributed by atoms with van der Waals surface area (Å²) >= 11 is 0. The SMILES string of the molecule is Cl.c1ccc2c(c1)CCN(c1nc(N3CCCCC3)c3ccccc3n1)C2. The molecule has 1 saturated heterocycles. The van der Waals surface area contributed by atoms with E-state index in [0.29, 0.717) is 0 Å². The molecule has 0 radical (unpaired) electrons. The first kappa shape index (κ1) is 18.1. The summed E-state index contributed by atoms with van der Waals surface area (Å²) in [5, 5.41) is 1.18. The van der Waals surface area contributed by atoms with Crippen LogP contribution in [0.5, 0.6) is 0 Å². The van der Waals surface area contributed by atoms with Crippen molar-refractivity contribution in [3.63, 3.8) is 0 Å². The van der Waals surface area contributed by atoms with Crippen molar-refractivity contribution in [3.8, 4) is 0 Å². The van der Waals surface area contributed by atoms with Crippen LogP contribution in [0.25, 0.3) is 10.9 Å². The van der Waals surface area contributed by atoms with Crippen LogP contribution in [0.4, 0.5) is 11.8 Å². The van der Waals surface area contributed by atoms with Crippen molar-refractivity contribution >= 4 is 35.1 Å². The number of hydrogen-bond donors (Lipinski definition) is 0. The lowest BCUT2D eigenvalue weighted by atomic mass is 10.0. The van der Waals surface area contributed by atoms with Crippen LogP contribution in [0.3, 0.4) is 0 Å². The maximum atomic E-state index is 5.06. The van der Waals surface area contributed by atoms with Gasteiger partial charge >= 0.3 is 0 Å². The molecule has 3 heterocycles. The molecule has 3 aromatic rings. The summed E-state index contributed by atoms with van der Waals surface area (Å²) in [4.78, 5) is 14.8.